The second kappa shape index (κ2) is 7.76. The van der Waals surface area contributed by atoms with E-state index in [1.807, 2.05) is 19.1 Å². The fourth-order valence-corrected chi connectivity index (χ4v) is 2.23. The first-order valence-corrected chi connectivity index (χ1v) is 7.38. The lowest BCUT2D eigenvalue weighted by Crippen LogP contribution is -2.32. The van der Waals surface area contributed by atoms with Gasteiger partial charge in [0, 0.05) is 11.3 Å². The number of anilines is 1. The third-order valence-corrected chi connectivity index (χ3v) is 3.62. The molecule has 0 saturated carbocycles. The number of halogens is 2. The maximum Gasteiger partial charge on any atom is 0.329 e. The lowest BCUT2D eigenvalue weighted by atomic mass is 10.2. The Hall–Kier alpha value is -2.37. The van der Waals surface area contributed by atoms with Crippen LogP contribution in [-0.4, -0.2) is 18.0 Å². The van der Waals surface area contributed by atoms with Crippen LogP contribution in [0.3, 0.4) is 0 Å². The molecular formula is C16H13Cl2N3O2. The van der Waals surface area contributed by atoms with Crippen LogP contribution in [0.2, 0.25) is 10.0 Å². The summed E-state index contributed by atoms with van der Waals surface area (Å²) in [6.45, 7) is 1.82. The number of carbonyl (C=O) groups excluding carboxylic acids is 2. The molecule has 23 heavy (non-hydrogen) atoms. The Labute approximate surface area is 143 Å². The van der Waals surface area contributed by atoms with Crippen LogP contribution in [-0.2, 0) is 9.59 Å². The molecule has 0 radical (unpaired) electrons. The average molecular weight is 350 g/mol. The molecule has 0 fully saturated rings. The van der Waals surface area contributed by atoms with E-state index in [0.29, 0.717) is 21.3 Å². The van der Waals surface area contributed by atoms with Gasteiger partial charge < -0.3 is 5.32 Å². The van der Waals surface area contributed by atoms with Crippen molar-refractivity contribution in [1.29, 1.82) is 0 Å². The molecule has 0 aliphatic rings. The van der Waals surface area contributed by atoms with Gasteiger partial charge in [0.1, 0.15) is 0 Å². The maximum absolute atomic E-state index is 11.8. The number of aryl methyl sites for hydroxylation is 1. The molecule has 0 unspecified atom stereocenters. The van der Waals surface area contributed by atoms with Crippen LogP contribution in [0.4, 0.5) is 5.69 Å². The highest BCUT2D eigenvalue weighted by atomic mass is 35.5. The highest BCUT2D eigenvalue weighted by molar-refractivity contribution is 6.40. The van der Waals surface area contributed by atoms with Crippen molar-refractivity contribution in [2.24, 2.45) is 5.10 Å². The predicted octanol–water partition coefficient (Wildman–Crippen LogP) is 3.39. The molecule has 0 spiro atoms. The van der Waals surface area contributed by atoms with E-state index in [2.05, 4.69) is 15.8 Å². The second-order valence-electron chi connectivity index (χ2n) is 4.60. The molecule has 5 nitrogen and oxygen atoms in total. The van der Waals surface area contributed by atoms with Gasteiger partial charge in [-0.1, -0.05) is 47.5 Å². The largest absolute Gasteiger partial charge is 0.329 e. The Balaban J connectivity index is 1.98. The zero-order valence-electron chi connectivity index (χ0n) is 12.1. The number of rotatable bonds is 3. The molecule has 118 valence electrons. The lowest BCUT2D eigenvalue weighted by molar-refractivity contribution is -0.136. The summed E-state index contributed by atoms with van der Waals surface area (Å²) in [7, 11) is 0. The monoisotopic (exact) mass is 349 g/mol. The van der Waals surface area contributed by atoms with Crippen molar-refractivity contribution in [2.75, 3.05) is 5.32 Å². The van der Waals surface area contributed by atoms with Crippen LogP contribution in [0.25, 0.3) is 0 Å². The minimum absolute atomic E-state index is 0.389. The van der Waals surface area contributed by atoms with E-state index in [9.17, 15) is 9.59 Å². The van der Waals surface area contributed by atoms with Crippen molar-refractivity contribution in [3.05, 3.63) is 63.6 Å². The molecule has 0 aromatic heterocycles. The van der Waals surface area contributed by atoms with E-state index in [0.717, 1.165) is 5.56 Å². The third kappa shape index (κ3) is 4.55. The molecule has 0 aliphatic carbocycles. The van der Waals surface area contributed by atoms with Crippen LogP contribution >= 0.6 is 23.2 Å². The van der Waals surface area contributed by atoms with Gasteiger partial charge in [0.05, 0.1) is 16.3 Å². The first kappa shape index (κ1) is 17.0. The molecule has 7 heteroatoms. The molecular weight excluding hydrogens is 337 g/mol. The van der Waals surface area contributed by atoms with Gasteiger partial charge in [-0.3, -0.25) is 9.59 Å². The molecule has 2 N–H and O–H groups in total. The van der Waals surface area contributed by atoms with Gasteiger partial charge in [0.25, 0.3) is 0 Å². The minimum Gasteiger partial charge on any atom is -0.317 e. The number of nitrogens with zero attached hydrogens (tertiary/aromatic N) is 1. The molecule has 0 saturated heterocycles. The van der Waals surface area contributed by atoms with E-state index in [4.69, 9.17) is 23.2 Å². The number of carbonyl (C=O) groups is 2. The summed E-state index contributed by atoms with van der Waals surface area (Å²) in [5, 5.41) is 6.98. The Kier molecular flexibility index (Phi) is 5.73. The third-order valence-electron chi connectivity index (χ3n) is 2.96. The van der Waals surface area contributed by atoms with Crippen molar-refractivity contribution in [1.82, 2.24) is 5.43 Å². The second-order valence-corrected chi connectivity index (χ2v) is 5.42. The average Bonchev–Trinajstić information content (AvgIpc) is 2.52. The maximum atomic E-state index is 11.8. The summed E-state index contributed by atoms with van der Waals surface area (Å²) in [5.74, 6) is -1.71. The van der Waals surface area contributed by atoms with E-state index in [1.54, 1.807) is 30.3 Å². The number of benzene rings is 2. The number of hydrazone groups is 1. The minimum atomic E-state index is -0.896. The summed E-state index contributed by atoms with van der Waals surface area (Å²) >= 11 is 11.9. The van der Waals surface area contributed by atoms with Gasteiger partial charge in [0.15, 0.2) is 0 Å². The Morgan fingerprint density at radius 1 is 1.00 bits per heavy atom. The van der Waals surface area contributed by atoms with Crippen molar-refractivity contribution in [3.63, 3.8) is 0 Å². The van der Waals surface area contributed by atoms with Crippen LogP contribution in [0.15, 0.2) is 47.6 Å². The van der Waals surface area contributed by atoms with Crippen LogP contribution in [0, 0.1) is 6.92 Å². The Morgan fingerprint density at radius 3 is 2.30 bits per heavy atom. The predicted molar refractivity (Wildman–Crippen MR) is 92.0 cm³/mol. The number of amides is 2. The number of hydrogen-bond acceptors (Lipinski definition) is 3. The van der Waals surface area contributed by atoms with Crippen molar-refractivity contribution in [3.8, 4) is 0 Å². The van der Waals surface area contributed by atoms with E-state index in [1.165, 1.54) is 6.21 Å². The molecule has 0 bridgehead atoms. The highest BCUT2D eigenvalue weighted by Gasteiger charge is 2.13. The first-order chi connectivity index (χ1) is 11.0. The Morgan fingerprint density at radius 2 is 1.65 bits per heavy atom. The van der Waals surface area contributed by atoms with Crippen molar-refractivity contribution < 1.29 is 9.59 Å². The van der Waals surface area contributed by atoms with Gasteiger partial charge in [0.2, 0.25) is 0 Å². The zero-order valence-corrected chi connectivity index (χ0v) is 13.7. The molecule has 2 amide bonds. The quantitative estimate of drug-likeness (QED) is 0.506. The summed E-state index contributed by atoms with van der Waals surface area (Å²) in [4.78, 5) is 23.5. The Bertz CT molecular complexity index is 755. The van der Waals surface area contributed by atoms with Crippen LogP contribution < -0.4 is 10.7 Å². The molecule has 2 rings (SSSR count). The summed E-state index contributed by atoms with van der Waals surface area (Å²) in [5.41, 5.74) is 3.99. The standard InChI is InChI=1S/C16H13Cl2N3O2/c1-10-5-2-3-8-14(10)20-15(22)16(23)21-19-9-11-12(17)6-4-7-13(11)18/h2-9H,1H3,(H,20,22)(H,21,23)/b19-9-. The van der Waals surface area contributed by atoms with Gasteiger partial charge in [-0.15, -0.1) is 0 Å². The van der Waals surface area contributed by atoms with Crippen molar-refractivity contribution >= 4 is 46.9 Å². The summed E-state index contributed by atoms with van der Waals surface area (Å²) < 4.78 is 0. The van der Waals surface area contributed by atoms with Gasteiger partial charge in [-0.05, 0) is 30.7 Å². The number of nitrogens with one attached hydrogen (secondary N) is 2. The number of para-hydroxylation sites is 1. The van der Waals surface area contributed by atoms with Gasteiger partial charge in [-0.2, -0.15) is 5.10 Å². The normalized spacial score (nSPS) is 10.6. The molecule has 0 heterocycles. The summed E-state index contributed by atoms with van der Waals surface area (Å²) in [6.07, 6.45) is 1.28. The van der Waals surface area contributed by atoms with Gasteiger partial charge >= 0.3 is 11.8 Å². The van der Waals surface area contributed by atoms with Crippen LogP contribution in [0.1, 0.15) is 11.1 Å². The fraction of sp³-hybridized carbons (Fsp3) is 0.0625. The molecule has 0 aliphatic heterocycles. The molecule has 2 aromatic carbocycles. The van der Waals surface area contributed by atoms with E-state index in [-0.39, 0.29) is 0 Å². The van der Waals surface area contributed by atoms with E-state index >= 15 is 0 Å². The molecule has 0 atom stereocenters. The smallest absolute Gasteiger partial charge is 0.317 e. The van der Waals surface area contributed by atoms with Crippen LogP contribution in [0.5, 0.6) is 0 Å². The van der Waals surface area contributed by atoms with Gasteiger partial charge in [-0.25, -0.2) is 5.43 Å². The lowest BCUT2D eigenvalue weighted by Gasteiger charge is -2.06. The molecule has 2 aromatic rings. The topological polar surface area (TPSA) is 70.6 Å². The van der Waals surface area contributed by atoms with E-state index < -0.39 is 11.8 Å². The highest BCUT2D eigenvalue weighted by Crippen LogP contribution is 2.22. The summed E-state index contributed by atoms with van der Waals surface area (Å²) in [6, 6.07) is 12.1. The SMILES string of the molecule is Cc1ccccc1NC(=O)C(=O)N/N=C\c1c(Cl)cccc1Cl. The fourth-order valence-electron chi connectivity index (χ4n) is 1.73. The zero-order chi connectivity index (χ0) is 16.8. The van der Waals surface area contributed by atoms with Crippen molar-refractivity contribution in [2.45, 2.75) is 6.92 Å². The first-order valence-electron chi connectivity index (χ1n) is 6.63. The number of hydrogen-bond donors (Lipinski definition) is 2.